The molecule has 1 nitrogen and oxygen atoms in total. The van der Waals surface area contributed by atoms with E-state index >= 15 is 0 Å². The summed E-state index contributed by atoms with van der Waals surface area (Å²) in [4.78, 5) is 0.943. The standard InChI is InChI=1S/C14H17ClOS/c1-9-2-6-12(7-3-9)17(16)14-11-5-4-10(8-11)13(14)15/h2-3,6-7,10-11,13-14H,4-5,8H2,1H3/t10-,11-,13-,14-,17-/m0/s1. The first-order valence-electron chi connectivity index (χ1n) is 6.28. The molecule has 17 heavy (non-hydrogen) atoms. The summed E-state index contributed by atoms with van der Waals surface area (Å²) in [5.74, 6) is 1.20. The highest BCUT2D eigenvalue weighted by Crippen LogP contribution is 2.50. The molecule has 2 bridgehead atoms. The third-order valence-electron chi connectivity index (χ3n) is 4.24. The summed E-state index contributed by atoms with van der Waals surface area (Å²) in [6.45, 7) is 2.05. The van der Waals surface area contributed by atoms with E-state index in [2.05, 4.69) is 6.92 Å². The van der Waals surface area contributed by atoms with E-state index in [4.69, 9.17) is 11.6 Å². The Morgan fingerprint density at radius 2 is 1.82 bits per heavy atom. The molecule has 0 N–H and O–H groups in total. The summed E-state index contributed by atoms with van der Waals surface area (Å²) in [6, 6.07) is 8.04. The molecular formula is C14H17ClOS. The van der Waals surface area contributed by atoms with Crippen molar-refractivity contribution in [1.29, 1.82) is 0 Å². The molecule has 1 aromatic carbocycles. The molecule has 2 aliphatic carbocycles. The predicted octanol–water partition coefficient (Wildman–Crippen LogP) is 3.51. The Balaban J connectivity index is 1.85. The van der Waals surface area contributed by atoms with Crippen molar-refractivity contribution in [3.63, 3.8) is 0 Å². The number of rotatable bonds is 2. The summed E-state index contributed by atoms with van der Waals surface area (Å²) in [7, 11) is -0.929. The van der Waals surface area contributed by atoms with Gasteiger partial charge in [-0.05, 0) is 50.2 Å². The van der Waals surface area contributed by atoms with Gasteiger partial charge in [0.25, 0.3) is 0 Å². The van der Waals surface area contributed by atoms with Crippen molar-refractivity contribution in [3.8, 4) is 0 Å². The second-order valence-electron chi connectivity index (χ2n) is 5.35. The van der Waals surface area contributed by atoms with E-state index in [0.29, 0.717) is 11.8 Å². The number of aryl methyl sites for hydroxylation is 1. The van der Waals surface area contributed by atoms with Crippen LogP contribution in [0, 0.1) is 18.8 Å². The minimum Gasteiger partial charge on any atom is -0.254 e. The fraction of sp³-hybridized carbons (Fsp3) is 0.571. The zero-order valence-electron chi connectivity index (χ0n) is 9.93. The molecule has 5 atom stereocenters. The van der Waals surface area contributed by atoms with E-state index in [1.807, 2.05) is 24.3 Å². The average Bonchev–Trinajstić information content (AvgIpc) is 2.89. The van der Waals surface area contributed by atoms with Gasteiger partial charge in [-0.3, -0.25) is 4.21 Å². The van der Waals surface area contributed by atoms with Gasteiger partial charge in [0.2, 0.25) is 0 Å². The molecule has 0 heterocycles. The van der Waals surface area contributed by atoms with Crippen LogP contribution in [-0.4, -0.2) is 14.8 Å². The number of fused-ring (bicyclic) bond motifs is 2. The molecule has 3 heteroatoms. The van der Waals surface area contributed by atoms with Crippen molar-refractivity contribution in [3.05, 3.63) is 29.8 Å². The van der Waals surface area contributed by atoms with E-state index < -0.39 is 10.8 Å². The first kappa shape index (κ1) is 11.7. The van der Waals surface area contributed by atoms with Gasteiger partial charge in [0, 0.05) is 4.90 Å². The summed E-state index contributed by atoms with van der Waals surface area (Å²) in [5, 5.41) is 0.300. The van der Waals surface area contributed by atoms with Crippen LogP contribution >= 0.6 is 11.6 Å². The van der Waals surface area contributed by atoms with Gasteiger partial charge < -0.3 is 0 Å². The van der Waals surface area contributed by atoms with Crippen LogP contribution in [0.4, 0.5) is 0 Å². The Labute approximate surface area is 110 Å². The van der Waals surface area contributed by atoms with Crippen LogP contribution in [0.2, 0.25) is 0 Å². The minimum absolute atomic E-state index is 0.121. The van der Waals surface area contributed by atoms with E-state index in [1.54, 1.807) is 0 Å². The topological polar surface area (TPSA) is 17.1 Å². The monoisotopic (exact) mass is 268 g/mol. The molecule has 0 aliphatic heterocycles. The quantitative estimate of drug-likeness (QED) is 0.751. The van der Waals surface area contributed by atoms with Crippen LogP contribution in [-0.2, 0) is 10.8 Å². The fourth-order valence-corrected chi connectivity index (χ4v) is 5.78. The van der Waals surface area contributed by atoms with E-state index in [0.717, 1.165) is 4.90 Å². The number of hydrogen-bond acceptors (Lipinski definition) is 1. The van der Waals surface area contributed by atoms with E-state index in [1.165, 1.54) is 24.8 Å². The summed E-state index contributed by atoms with van der Waals surface area (Å²) < 4.78 is 12.6. The molecule has 1 aromatic rings. The van der Waals surface area contributed by atoms with Gasteiger partial charge in [-0.15, -0.1) is 11.6 Å². The van der Waals surface area contributed by atoms with Gasteiger partial charge in [-0.1, -0.05) is 17.7 Å². The van der Waals surface area contributed by atoms with Crippen LogP contribution in [0.25, 0.3) is 0 Å². The molecule has 2 aliphatic rings. The number of benzene rings is 1. The van der Waals surface area contributed by atoms with Crippen LogP contribution in [0.15, 0.2) is 29.2 Å². The third-order valence-corrected chi connectivity index (χ3v) is 6.93. The van der Waals surface area contributed by atoms with Crippen LogP contribution < -0.4 is 0 Å². The van der Waals surface area contributed by atoms with Crippen LogP contribution in [0.5, 0.6) is 0 Å². The molecule has 0 radical (unpaired) electrons. The molecule has 0 saturated heterocycles. The summed E-state index contributed by atoms with van der Waals surface area (Å²) in [6.07, 6.45) is 3.65. The van der Waals surface area contributed by atoms with Crippen molar-refractivity contribution in [2.45, 2.75) is 41.7 Å². The molecule has 2 fully saturated rings. The lowest BCUT2D eigenvalue weighted by Crippen LogP contribution is -2.32. The van der Waals surface area contributed by atoms with Crippen molar-refractivity contribution in [2.24, 2.45) is 11.8 Å². The SMILES string of the molecule is Cc1ccc([S@](=O)[C@H]2[C@H]3CC[C@@H](C3)[C@@H]2Cl)cc1. The average molecular weight is 269 g/mol. The van der Waals surface area contributed by atoms with Gasteiger partial charge in [-0.25, -0.2) is 0 Å². The lowest BCUT2D eigenvalue weighted by atomic mass is 10.00. The van der Waals surface area contributed by atoms with Gasteiger partial charge >= 0.3 is 0 Å². The molecule has 2 saturated carbocycles. The smallest absolute Gasteiger partial charge is 0.0589 e. The maximum atomic E-state index is 12.6. The van der Waals surface area contributed by atoms with Crippen molar-refractivity contribution in [2.75, 3.05) is 0 Å². The Morgan fingerprint density at radius 3 is 2.41 bits per heavy atom. The molecule has 3 rings (SSSR count). The normalized spacial score (nSPS) is 37.3. The van der Waals surface area contributed by atoms with Crippen LogP contribution in [0.1, 0.15) is 24.8 Å². The van der Waals surface area contributed by atoms with Crippen molar-refractivity contribution >= 4 is 22.4 Å². The summed E-state index contributed by atoms with van der Waals surface area (Å²) in [5.41, 5.74) is 1.21. The fourth-order valence-electron chi connectivity index (χ4n) is 3.29. The molecular weight excluding hydrogens is 252 g/mol. The lowest BCUT2D eigenvalue weighted by molar-refractivity contribution is 0.488. The lowest BCUT2D eigenvalue weighted by Gasteiger charge is -2.25. The van der Waals surface area contributed by atoms with E-state index in [-0.39, 0.29) is 10.6 Å². The highest BCUT2D eigenvalue weighted by molar-refractivity contribution is 7.85. The van der Waals surface area contributed by atoms with Gasteiger partial charge in [0.1, 0.15) is 0 Å². The molecule has 0 unspecified atom stereocenters. The Bertz CT molecular complexity index is 440. The predicted molar refractivity (Wildman–Crippen MR) is 71.8 cm³/mol. The second kappa shape index (κ2) is 4.40. The molecule has 0 aromatic heterocycles. The maximum Gasteiger partial charge on any atom is 0.0589 e. The first-order chi connectivity index (χ1) is 8.16. The van der Waals surface area contributed by atoms with Crippen molar-refractivity contribution in [1.82, 2.24) is 0 Å². The van der Waals surface area contributed by atoms with Gasteiger partial charge in [0.15, 0.2) is 0 Å². The highest BCUT2D eigenvalue weighted by Gasteiger charge is 2.49. The van der Waals surface area contributed by atoms with Gasteiger partial charge in [-0.2, -0.15) is 0 Å². The number of alkyl halides is 1. The second-order valence-corrected chi connectivity index (χ2v) is 7.47. The largest absolute Gasteiger partial charge is 0.254 e. The Hall–Kier alpha value is -0.340. The maximum absolute atomic E-state index is 12.6. The van der Waals surface area contributed by atoms with E-state index in [9.17, 15) is 4.21 Å². The zero-order chi connectivity index (χ0) is 12.0. The summed E-state index contributed by atoms with van der Waals surface area (Å²) >= 11 is 6.46. The zero-order valence-corrected chi connectivity index (χ0v) is 11.5. The van der Waals surface area contributed by atoms with Crippen LogP contribution in [0.3, 0.4) is 0 Å². The minimum atomic E-state index is -0.929. The Kier molecular flexibility index (Phi) is 3.04. The first-order valence-corrected chi connectivity index (χ1v) is 7.93. The Morgan fingerprint density at radius 1 is 1.18 bits per heavy atom. The molecule has 92 valence electrons. The van der Waals surface area contributed by atoms with Gasteiger partial charge in [0.05, 0.1) is 21.4 Å². The number of hydrogen-bond donors (Lipinski definition) is 0. The highest BCUT2D eigenvalue weighted by atomic mass is 35.5. The van der Waals surface area contributed by atoms with Crippen molar-refractivity contribution < 1.29 is 4.21 Å². The molecule has 0 spiro atoms. The third kappa shape index (κ3) is 1.96. The number of halogens is 1. The molecule has 0 amide bonds.